The van der Waals surface area contributed by atoms with Crippen LogP contribution in [0.4, 0.5) is 0 Å². The van der Waals surface area contributed by atoms with Crippen LogP contribution in [0.3, 0.4) is 0 Å². The van der Waals surface area contributed by atoms with Crippen molar-refractivity contribution in [1.29, 1.82) is 0 Å². The van der Waals surface area contributed by atoms with Gasteiger partial charge in [-0.05, 0) is 38.7 Å². The molecule has 3 aliphatic rings. The summed E-state index contributed by atoms with van der Waals surface area (Å²) in [5, 5.41) is 4.12. The Kier molecular flexibility index (Phi) is 3.40. The standard InChI is InChI=1S/C19H25N3O3/c1-11-14(15(21-25-11)12-4-5-12)17(24)22-7-6-19(10-22)8-13(20)16(23)18(2,3)9-19/h8,12H,4-7,9-10,20H2,1-3H3/t19-/m0/s1. The van der Waals surface area contributed by atoms with Gasteiger partial charge in [0.1, 0.15) is 11.3 Å². The van der Waals surface area contributed by atoms with E-state index in [1.54, 1.807) is 6.92 Å². The van der Waals surface area contributed by atoms with Crippen LogP contribution in [0.2, 0.25) is 0 Å². The monoisotopic (exact) mass is 343 g/mol. The van der Waals surface area contributed by atoms with E-state index < -0.39 is 5.41 Å². The second-order valence-electron chi connectivity index (χ2n) is 8.60. The smallest absolute Gasteiger partial charge is 0.259 e. The number of nitrogens with zero attached hydrogens (tertiary/aromatic N) is 2. The van der Waals surface area contributed by atoms with Gasteiger partial charge in [-0.25, -0.2) is 0 Å². The highest BCUT2D eigenvalue weighted by molar-refractivity contribution is 6.00. The lowest BCUT2D eigenvalue weighted by Crippen LogP contribution is -2.42. The van der Waals surface area contributed by atoms with Crippen molar-refractivity contribution in [1.82, 2.24) is 10.1 Å². The van der Waals surface area contributed by atoms with Crippen molar-refractivity contribution >= 4 is 11.7 Å². The average molecular weight is 343 g/mol. The number of hydrogen-bond donors (Lipinski definition) is 1. The van der Waals surface area contributed by atoms with Crippen molar-refractivity contribution in [2.45, 2.75) is 52.4 Å². The number of aromatic nitrogens is 1. The van der Waals surface area contributed by atoms with Gasteiger partial charge in [0.05, 0.1) is 11.4 Å². The molecule has 25 heavy (non-hydrogen) atoms. The van der Waals surface area contributed by atoms with E-state index >= 15 is 0 Å². The molecule has 2 fully saturated rings. The van der Waals surface area contributed by atoms with Crippen LogP contribution in [-0.4, -0.2) is 34.8 Å². The van der Waals surface area contributed by atoms with Crippen molar-refractivity contribution in [2.75, 3.05) is 13.1 Å². The molecule has 1 saturated carbocycles. The van der Waals surface area contributed by atoms with Crippen LogP contribution >= 0.6 is 0 Å². The second-order valence-corrected chi connectivity index (χ2v) is 8.60. The highest BCUT2D eigenvalue weighted by Crippen LogP contribution is 2.48. The molecule has 0 radical (unpaired) electrons. The van der Waals surface area contributed by atoms with E-state index in [1.165, 1.54) is 0 Å². The molecule has 1 saturated heterocycles. The van der Waals surface area contributed by atoms with Crippen molar-refractivity contribution < 1.29 is 14.1 Å². The maximum atomic E-state index is 13.1. The van der Waals surface area contributed by atoms with E-state index in [4.69, 9.17) is 10.3 Å². The Bertz CT molecular complexity index is 788. The first-order valence-electron chi connectivity index (χ1n) is 9.01. The van der Waals surface area contributed by atoms with Gasteiger partial charge in [0, 0.05) is 29.8 Å². The summed E-state index contributed by atoms with van der Waals surface area (Å²) in [6, 6.07) is 0. The van der Waals surface area contributed by atoms with Gasteiger partial charge in [-0.3, -0.25) is 9.59 Å². The van der Waals surface area contributed by atoms with Crippen LogP contribution < -0.4 is 5.73 Å². The quantitative estimate of drug-likeness (QED) is 0.891. The van der Waals surface area contributed by atoms with Gasteiger partial charge in [-0.1, -0.05) is 19.0 Å². The van der Waals surface area contributed by atoms with E-state index in [1.807, 2.05) is 24.8 Å². The SMILES string of the molecule is Cc1onc(C2CC2)c1C(=O)N1CC[C@@]2(C=C(N)C(=O)C(C)(C)C2)C1. The molecule has 0 bridgehead atoms. The summed E-state index contributed by atoms with van der Waals surface area (Å²) in [5.41, 5.74) is 7.11. The number of nitrogens with two attached hydrogens (primary N) is 1. The number of likely N-dealkylation sites (tertiary alicyclic amines) is 1. The van der Waals surface area contributed by atoms with Crippen molar-refractivity contribution in [3.8, 4) is 0 Å². The Morgan fingerprint density at radius 3 is 2.76 bits per heavy atom. The molecule has 2 N–H and O–H groups in total. The number of carbonyl (C=O) groups is 2. The molecule has 1 aliphatic heterocycles. The third kappa shape index (κ3) is 2.58. The van der Waals surface area contributed by atoms with Gasteiger partial charge in [0.2, 0.25) is 0 Å². The lowest BCUT2D eigenvalue weighted by atomic mass is 9.65. The van der Waals surface area contributed by atoms with Gasteiger partial charge >= 0.3 is 0 Å². The van der Waals surface area contributed by atoms with Gasteiger partial charge < -0.3 is 15.2 Å². The van der Waals surface area contributed by atoms with Crippen LogP contribution in [0.25, 0.3) is 0 Å². The van der Waals surface area contributed by atoms with Crippen molar-refractivity contribution in [2.24, 2.45) is 16.6 Å². The molecule has 0 aromatic carbocycles. The van der Waals surface area contributed by atoms with E-state index in [-0.39, 0.29) is 17.1 Å². The number of rotatable bonds is 2. The maximum Gasteiger partial charge on any atom is 0.259 e. The molecule has 2 heterocycles. The van der Waals surface area contributed by atoms with Crippen LogP contribution in [-0.2, 0) is 4.79 Å². The highest BCUT2D eigenvalue weighted by atomic mass is 16.5. The maximum absolute atomic E-state index is 13.1. The minimum atomic E-state index is -0.482. The predicted molar refractivity (Wildman–Crippen MR) is 91.8 cm³/mol. The fourth-order valence-electron chi connectivity index (χ4n) is 4.57. The number of Topliss-reactive ketones (excluding diaryl/α,β-unsaturated/α-hetero) is 1. The minimum absolute atomic E-state index is 0.000738. The first-order chi connectivity index (χ1) is 11.7. The topological polar surface area (TPSA) is 89.4 Å². The molecule has 4 rings (SSSR count). The fourth-order valence-corrected chi connectivity index (χ4v) is 4.57. The highest BCUT2D eigenvalue weighted by Gasteiger charge is 2.49. The summed E-state index contributed by atoms with van der Waals surface area (Å²) in [5.74, 6) is 0.977. The van der Waals surface area contributed by atoms with Gasteiger partial charge in [-0.15, -0.1) is 0 Å². The number of carbonyl (C=O) groups excluding carboxylic acids is 2. The summed E-state index contributed by atoms with van der Waals surface area (Å²) >= 11 is 0. The number of aryl methyl sites for hydroxylation is 1. The largest absolute Gasteiger partial charge is 0.396 e. The Morgan fingerprint density at radius 1 is 1.40 bits per heavy atom. The van der Waals surface area contributed by atoms with E-state index in [0.717, 1.165) is 31.4 Å². The molecule has 134 valence electrons. The molecule has 6 heteroatoms. The number of amides is 1. The first-order valence-corrected chi connectivity index (χ1v) is 9.01. The second kappa shape index (κ2) is 5.19. The summed E-state index contributed by atoms with van der Waals surface area (Å²) in [6.45, 7) is 6.95. The Balaban J connectivity index is 1.60. The third-order valence-corrected chi connectivity index (χ3v) is 5.87. The van der Waals surface area contributed by atoms with Gasteiger partial charge in [0.15, 0.2) is 5.78 Å². The summed E-state index contributed by atoms with van der Waals surface area (Å²) in [4.78, 5) is 27.3. The lowest BCUT2D eigenvalue weighted by molar-refractivity contribution is -0.125. The van der Waals surface area contributed by atoms with Crippen LogP contribution in [0.5, 0.6) is 0 Å². The molecule has 6 nitrogen and oxygen atoms in total. The fraction of sp³-hybridized carbons (Fsp3) is 0.632. The number of hydrogen-bond acceptors (Lipinski definition) is 5. The Morgan fingerprint density at radius 2 is 2.12 bits per heavy atom. The normalized spacial score (nSPS) is 28.5. The zero-order chi connectivity index (χ0) is 18.0. The Labute approximate surface area is 147 Å². The molecule has 1 atom stereocenters. The van der Waals surface area contributed by atoms with Gasteiger partial charge in [-0.2, -0.15) is 0 Å². The van der Waals surface area contributed by atoms with Crippen LogP contribution in [0, 0.1) is 17.8 Å². The molecule has 1 aromatic heterocycles. The zero-order valence-corrected chi connectivity index (χ0v) is 15.1. The number of ketones is 1. The van der Waals surface area contributed by atoms with E-state index in [9.17, 15) is 9.59 Å². The van der Waals surface area contributed by atoms with Gasteiger partial charge in [0.25, 0.3) is 5.91 Å². The third-order valence-electron chi connectivity index (χ3n) is 5.87. The van der Waals surface area contributed by atoms with Crippen molar-refractivity contribution in [3.63, 3.8) is 0 Å². The van der Waals surface area contributed by atoms with E-state index in [0.29, 0.717) is 36.0 Å². The summed E-state index contributed by atoms with van der Waals surface area (Å²) in [6.07, 6.45) is 5.61. The summed E-state index contributed by atoms with van der Waals surface area (Å²) < 4.78 is 5.30. The average Bonchev–Trinajstić information content (AvgIpc) is 3.20. The number of allylic oxidation sites excluding steroid dienone is 1. The molecule has 2 aliphatic carbocycles. The summed E-state index contributed by atoms with van der Waals surface area (Å²) in [7, 11) is 0. The van der Waals surface area contributed by atoms with E-state index in [2.05, 4.69) is 5.16 Å². The van der Waals surface area contributed by atoms with Crippen molar-refractivity contribution in [3.05, 3.63) is 28.8 Å². The zero-order valence-electron chi connectivity index (χ0n) is 15.1. The molecular formula is C19H25N3O3. The minimum Gasteiger partial charge on any atom is -0.396 e. The molecule has 1 amide bonds. The lowest BCUT2D eigenvalue weighted by Gasteiger charge is -2.39. The molecule has 0 unspecified atom stereocenters. The first kappa shape index (κ1) is 16.4. The predicted octanol–water partition coefficient (Wildman–Crippen LogP) is 2.53. The Hall–Kier alpha value is -2.11. The molecule has 1 aromatic rings. The van der Waals surface area contributed by atoms with Crippen LogP contribution in [0.1, 0.15) is 67.3 Å². The molecular weight excluding hydrogens is 318 g/mol. The van der Waals surface area contributed by atoms with Crippen LogP contribution in [0.15, 0.2) is 16.3 Å². The molecule has 1 spiro atoms.